The smallest absolute Gasteiger partial charge is 0.146 e. The van der Waals surface area contributed by atoms with Crippen LogP contribution < -0.4 is 5.73 Å². The van der Waals surface area contributed by atoms with Crippen LogP contribution in [0.1, 0.15) is 62.6 Å². The second-order valence-corrected chi connectivity index (χ2v) is 6.06. The molecule has 0 saturated heterocycles. The SMILES string of the molecule is CC.CCCCCCc1cc2c(s1)C=C(C=O)CC(N)=N2. The molecule has 0 bridgehead atoms. The normalized spacial score (nSPS) is 13.3. The van der Waals surface area contributed by atoms with Crippen LogP contribution in [0.2, 0.25) is 0 Å². The van der Waals surface area contributed by atoms with E-state index in [0.29, 0.717) is 17.8 Å². The van der Waals surface area contributed by atoms with E-state index in [1.807, 2.05) is 19.9 Å². The molecule has 0 radical (unpaired) electrons. The minimum atomic E-state index is 0.455. The first-order valence-electron chi connectivity index (χ1n) is 7.84. The quantitative estimate of drug-likeness (QED) is 0.602. The van der Waals surface area contributed by atoms with Gasteiger partial charge in [-0.25, -0.2) is 4.99 Å². The predicted molar refractivity (Wildman–Crippen MR) is 93.5 cm³/mol. The lowest BCUT2D eigenvalue weighted by atomic mass is 10.1. The first kappa shape index (κ1) is 17.6. The highest BCUT2D eigenvalue weighted by atomic mass is 32.1. The molecule has 0 spiro atoms. The summed E-state index contributed by atoms with van der Waals surface area (Å²) in [6.45, 7) is 6.22. The van der Waals surface area contributed by atoms with Crippen molar-refractivity contribution in [2.24, 2.45) is 10.7 Å². The first-order valence-corrected chi connectivity index (χ1v) is 8.66. The summed E-state index contributed by atoms with van der Waals surface area (Å²) in [5.41, 5.74) is 7.45. The summed E-state index contributed by atoms with van der Waals surface area (Å²) in [4.78, 5) is 17.7. The van der Waals surface area contributed by atoms with Crippen molar-refractivity contribution < 1.29 is 4.79 Å². The second kappa shape index (κ2) is 9.50. The summed E-state index contributed by atoms with van der Waals surface area (Å²) in [5.74, 6) is 0.521. The van der Waals surface area contributed by atoms with Gasteiger partial charge in [-0.3, -0.25) is 4.79 Å². The zero-order valence-electron chi connectivity index (χ0n) is 13.3. The van der Waals surface area contributed by atoms with E-state index < -0.39 is 0 Å². The molecule has 4 heteroatoms. The van der Waals surface area contributed by atoms with Gasteiger partial charge in [0.2, 0.25) is 0 Å². The van der Waals surface area contributed by atoms with Crippen LogP contribution in [0.25, 0.3) is 6.08 Å². The van der Waals surface area contributed by atoms with Gasteiger partial charge >= 0.3 is 0 Å². The van der Waals surface area contributed by atoms with Crippen molar-refractivity contribution in [2.45, 2.75) is 59.3 Å². The van der Waals surface area contributed by atoms with Crippen molar-refractivity contribution in [3.8, 4) is 0 Å². The Kier molecular flexibility index (Phi) is 7.98. The number of nitrogens with zero attached hydrogens (tertiary/aromatic N) is 1. The molecule has 1 aliphatic rings. The van der Waals surface area contributed by atoms with Crippen molar-refractivity contribution in [1.29, 1.82) is 0 Å². The molecule has 2 N–H and O–H groups in total. The molecular weight excluding hydrogens is 280 g/mol. The molecule has 116 valence electrons. The number of aldehydes is 1. The Morgan fingerprint density at radius 3 is 2.76 bits per heavy atom. The zero-order valence-corrected chi connectivity index (χ0v) is 14.1. The number of amidine groups is 1. The molecule has 0 saturated carbocycles. The number of unbranched alkanes of at least 4 members (excludes halogenated alkanes) is 3. The zero-order chi connectivity index (χ0) is 15.7. The molecule has 21 heavy (non-hydrogen) atoms. The number of aliphatic imine (C=N–C) groups is 1. The van der Waals surface area contributed by atoms with Crippen molar-refractivity contribution in [3.05, 3.63) is 21.4 Å². The molecule has 0 atom stereocenters. The maximum Gasteiger partial charge on any atom is 0.146 e. The van der Waals surface area contributed by atoms with Gasteiger partial charge in [0.25, 0.3) is 0 Å². The van der Waals surface area contributed by atoms with Gasteiger partial charge in [0.15, 0.2) is 0 Å². The van der Waals surface area contributed by atoms with Crippen LogP contribution in [0, 0.1) is 0 Å². The van der Waals surface area contributed by atoms with E-state index in [0.717, 1.165) is 23.3 Å². The molecule has 0 fully saturated rings. The number of fused-ring (bicyclic) bond motifs is 1. The lowest BCUT2D eigenvalue weighted by Crippen LogP contribution is -2.11. The van der Waals surface area contributed by atoms with Gasteiger partial charge in [0, 0.05) is 16.9 Å². The average molecular weight is 306 g/mol. The molecule has 1 aromatic rings. The predicted octanol–water partition coefficient (Wildman–Crippen LogP) is 4.87. The molecule has 0 unspecified atom stereocenters. The Bertz CT molecular complexity index is 515. The van der Waals surface area contributed by atoms with Crippen LogP contribution in [-0.2, 0) is 11.2 Å². The van der Waals surface area contributed by atoms with Gasteiger partial charge in [-0.1, -0.05) is 40.0 Å². The van der Waals surface area contributed by atoms with Crippen LogP contribution in [0.3, 0.4) is 0 Å². The molecule has 3 nitrogen and oxygen atoms in total. The monoisotopic (exact) mass is 306 g/mol. The average Bonchev–Trinajstić information content (AvgIpc) is 2.79. The van der Waals surface area contributed by atoms with Gasteiger partial charge in [-0.05, 0) is 25.0 Å². The molecule has 1 aliphatic heterocycles. The third-order valence-corrected chi connectivity index (χ3v) is 4.32. The topological polar surface area (TPSA) is 55.5 Å². The van der Waals surface area contributed by atoms with Crippen molar-refractivity contribution in [1.82, 2.24) is 0 Å². The summed E-state index contributed by atoms with van der Waals surface area (Å²) in [5, 5.41) is 0. The van der Waals surface area contributed by atoms with Gasteiger partial charge in [0.1, 0.15) is 12.1 Å². The third kappa shape index (κ3) is 5.46. The van der Waals surface area contributed by atoms with Crippen molar-refractivity contribution in [2.75, 3.05) is 0 Å². The highest BCUT2D eigenvalue weighted by Crippen LogP contribution is 2.34. The van der Waals surface area contributed by atoms with E-state index in [1.165, 1.54) is 30.6 Å². The third-order valence-electron chi connectivity index (χ3n) is 3.19. The number of thiophene rings is 1. The van der Waals surface area contributed by atoms with E-state index in [-0.39, 0.29) is 0 Å². The fraction of sp³-hybridized carbons (Fsp3) is 0.529. The molecule has 2 heterocycles. The summed E-state index contributed by atoms with van der Waals surface area (Å²) < 4.78 is 0. The van der Waals surface area contributed by atoms with Gasteiger partial charge in [0.05, 0.1) is 10.6 Å². The fourth-order valence-electron chi connectivity index (χ4n) is 2.19. The number of rotatable bonds is 6. The molecule has 1 aromatic heterocycles. The van der Waals surface area contributed by atoms with Crippen LogP contribution in [0.15, 0.2) is 16.6 Å². The van der Waals surface area contributed by atoms with Crippen LogP contribution in [0.4, 0.5) is 5.69 Å². The van der Waals surface area contributed by atoms with Gasteiger partial charge < -0.3 is 5.73 Å². The Morgan fingerprint density at radius 2 is 2.10 bits per heavy atom. The summed E-state index contributed by atoms with van der Waals surface area (Å²) in [6, 6.07) is 2.11. The van der Waals surface area contributed by atoms with Gasteiger partial charge in [-0.2, -0.15) is 0 Å². The molecule has 2 rings (SSSR count). The number of nitrogens with two attached hydrogens (primary N) is 1. The van der Waals surface area contributed by atoms with Crippen LogP contribution >= 0.6 is 11.3 Å². The first-order chi connectivity index (χ1) is 10.2. The number of hydrogen-bond acceptors (Lipinski definition) is 4. The van der Waals surface area contributed by atoms with E-state index in [2.05, 4.69) is 18.0 Å². The summed E-state index contributed by atoms with van der Waals surface area (Å²) in [6.07, 6.45) is 9.40. The minimum Gasteiger partial charge on any atom is -0.387 e. The molecule has 0 amide bonds. The minimum absolute atomic E-state index is 0.455. The van der Waals surface area contributed by atoms with Gasteiger partial charge in [-0.15, -0.1) is 11.3 Å². The summed E-state index contributed by atoms with van der Waals surface area (Å²) >= 11 is 1.73. The fourth-order valence-corrected chi connectivity index (χ4v) is 3.30. The highest BCUT2D eigenvalue weighted by molar-refractivity contribution is 7.13. The highest BCUT2D eigenvalue weighted by Gasteiger charge is 2.13. The number of carbonyl (C=O) groups excluding carboxylic acids is 1. The lowest BCUT2D eigenvalue weighted by Gasteiger charge is -1.97. The van der Waals surface area contributed by atoms with Crippen LogP contribution in [0.5, 0.6) is 0 Å². The molecular formula is C17H26N2OS. The van der Waals surface area contributed by atoms with E-state index in [9.17, 15) is 4.79 Å². The Labute approximate surface area is 132 Å². The standard InChI is InChI=1S/C15H20N2OS.C2H6/c1-2-3-4-5-6-12-9-13-14(19-12)7-11(10-18)8-15(16)17-13;1-2/h7,9-10H,2-6,8H2,1H3,(H2,16,17);1-2H3. The van der Waals surface area contributed by atoms with Crippen molar-refractivity contribution >= 4 is 35.2 Å². The maximum absolute atomic E-state index is 10.9. The van der Waals surface area contributed by atoms with Crippen LogP contribution in [-0.4, -0.2) is 12.1 Å². The maximum atomic E-state index is 10.9. The number of hydrogen-bond donors (Lipinski definition) is 1. The largest absolute Gasteiger partial charge is 0.387 e. The van der Waals surface area contributed by atoms with Crippen molar-refractivity contribution in [3.63, 3.8) is 0 Å². The molecule has 0 aliphatic carbocycles. The lowest BCUT2D eigenvalue weighted by molar-refractivity contribution is -0.104. The molecule has 0 aromatic carbocycles. The summed E-state index contributed by atoms with van der Waals surface area (Å²) in [7, 11) is 0. The van der Waals surface area contributed by atoms with E-state index >= 15 is 0 Å². The second-order valence-electron chi connectivity index (χ2n) is 4.89. The number of carbonyl (C=O) groups is 1. The number of aryl methyl sites for hydroxylation is 1. The Morgan fingerprint density at radius 1 is 1.33 bits per heavy atom. The van der Waals surface area contributed by atoms with E-state index in [1.54, 1.807) is 11.3 Å². The Balaban J connectivity index is 0.00000106. The Hall–Kier alpha value is -1.42. The van der Waals surface area contributed by atoms with E-state index in [4.69, 9.17) is 5.73 Å².